The predicted molar refractivity (Wildman–Crippen MR) is 80.4 cm³/mol. The first kappa shape index (κ1) is 14.7. The van der Waals surface area contributed by atoms with E-state index in [0.29, 0.717) is 6.04 Å². The molecule has 1 atom stereocenters. The van der Waals surface area contributed by atoms with E-state index >= 15 is 0 Å². The normalized spacial score (nSPS) is 28.5. The van der Waals surface area contributed by atoms with Crippen molar-refractivity contribution in [1.82, 2.24) is 5.32 Å². The highest BCUT2D eigenvalue weighted by Crippen LogP contribution is 2.38. The van der Waals surface area contributed by atoms with Crippen molar-refractivity contribution in [2.75, 3.05) is 18.1 Å². The van der Waals surface area contributed by atoms with E-state index in [9.17, 15) is 0 Å². The zero-order valence-electron chi connectivity index (χ0n) is 12.3. The van der Waals surface area contributed by atoms with Crippen molar-refractivity contribution in [3.63, 3.8) is 0 Å². The van der Waals surface area contributed by atoms with Gasteiger partial charge in [0.05, 0.1) is 5.60 Å². The van der Waals surface area contributed by atoms with Crippen LogP contribution in [0.1, 0.15) is 59.3 Å². The van der Waals surface area contributed by atoms with Gasteiger partial charge in [-0.15, -0.1) is 0 Å². The second-order valence-corrected chi connectivity index (χ2v) is 7.84. The van der Waals surface area contributed by atoms with Crippen molar-refractivity contribution in [3.05, 3.63) is 0 Å². The van der Waals surface area contributed by atoms with Gasteiger partial charge in [-0.25, -0.2) is 0 Å². The van der Waals surface area contributed by atoms with Gasteiger partial charge in [-0.05, 0) is 57.5 Å². The zero-order chi connectivity index (χ0) is 13.1. The molecule has 0 saturated carbocycles. The molecule has 0 radical (unpaired) electrons. The molecule has 0 aromatic rings. The van der Waals surface area contributed by atoms with Gasteiger partial charge in [-0.1, -0.05) is 13.3 Å². The zero-order valence-corrected chi connectivity index (χ0v) is 13.1. The van der Waals surface area contributed by atoms with Crippen LogP contribution in [0.4, 0.5) is 0 Å². The van der Waals surface area contributed by atoms with Gasteiger partial charge in [0, 0.05) is 18.2 Å². The number of nitrogens with one attached hydrogen (secondary N) is 1. The third-order valence-electron chi connectivity index (χ3n) is 4.37. The lowest BCUT2D eigenvalue weighted by Gasteiger charge is -2.45. The molecule has 3 heteroatoms. The minimum atomic E-state index is 0.212. The molecule has 2 aliphatic heterocycles. The van der Waals surface area contributed by atoms with E-state index in [0.717, 1.165) is 6.61 Å². The van der Waals surface area contributed by atoms with E-state index in [-0.39, 0.29) is 11.1 Å². The number of ether oxygens (including phenoxy) is 1. The number of hydrogen-bond acceptors (Lipinski definition) is 3. The first-order valence-electron chi connectivity index (χ1n) is 7.55. The molecule has 2 fully saturated rings. The molecule has 2 heterocycles. The van der Waals surface area contributed by atoms with E-state index in [1.54, 1.807) is 0 Å². The maximum absolute atomic E-state index is 6.16. The fraction of sp³-hybridized carbons (Fsp3) is 1.00. The molecule has 0 amide bonds. The lowest BCUT2D eigenvalue weighted by Crippen LogP contribution is -2.54. The summed E-state index contributed by atoms with van der Waals surface area (Å²) in [6.45, 7) is 7.91. The summed E-state index contributed by atoms with van der Waals surface area (Å²) in [5, 5.41) is 3.88. The summed E-state index contributed by atoms with van der Waals surface area (Å²) in [6.07, 6.45) is 7.43. The molecule has 106 valence electrons. The third kappa shape index (κ3) is 3.88. The Morgan fingerprint density at radius 2 is 2.06 bits per heavy atom. The van der Waals surface area contributed by atoms with Crippen molar-refractivity contribution in [2.24, 2.45) is 0 Å². The van der Waals surface area contributed by atoms with Crippen LogP contribution in [-0.2, 0) is 4.74 Å². The monoisotopic (exact) mass is 271 g/mol. The van der Waals surface area contributed by atoms with E-state index in [1.807, 2.05) is 0 Å². The van der Waals surface area contributed by atoms with Crippen LogP contribution in [0.3, 0.4) is 0 Å². The molecule has 1 spiro atoms. The summed E-state index contributed by atoms with van der Waals surface area (Å²) < 4.78 is 6.16. The van der Waals surface area contributed by atoms with Gasteiger partial charge in [0.1, 0.15) is 0 Å². The molecule has 1 unspecified atom stereocenters. The Labute approximate surface area is 117 Å². The SMILES string of the molecule is CCCC(C)(C)NC1CCOC2(CCSCC2)C1. The van der Waals surface area contributed by atoms with Gasteiger partial charge in [0.25, 0.3) is 0 Å². The van der Waals surface area contributed by atoms with Gasteiger partial charge >= 0.3 is 0 Å². The third-order valence-corrected chi connectivity index (χ3v) is 5.35. The van der Waals surface area contributed by atoms with Crippen molar-refractivity contribution in [3.8, 4) is 0 Å². The van der Waals surface area contributed by atoms with E-state index in [2.05, 4.69) is 37.8 Å². The Morgan fingerprint density at radius 1 is 1.33 bits per heavy atom. The van der Waals surface area contributed by atoms with Crippen LogP contribution in [0.5, 0.6) is 0 Å². The van der Waals surface area contributed by atoms with Gasteiger partial charge in [0.15, 0.2) is 0 Å². The summed E-state index contributed by atoms with van der Waals surface area (Å²) in [5.41, 5.74) is 0.491. The smallest absolute Gasteiger partial charge is 0.0713 e. The van der Waals surface area contributed by atoms with Crippen molar-refractivity contribution in [2.45, 2.75) is 76.5 Å². The predicted octanol–water partition coefficient (Wildman–Crippen LogP) is 3.60. The molecule has 2 aliphatic rings. The summed E-state index contributed by atoms with van der Waals surface area (Å²) in [6, 6.07) is 0.656. The highest BCUT2D eigenvalue weighted by Gasteiger charge is 2.39. The molecule has 0 aromatic carbocycles. The molecular formula is C15H29NOS. The van der Waals surface area contributed by atoms with Crippen LogP contribution < -0.4 is 5.32 Å². The average Bonchev–Trinajstić information content (AvgIpc) is 2.29. The molecule has 0 aliphatic carbocycles. The van der Waals surface area contributed by atoms with Crippen molar-refractivity contribution in [1.29, 1.82) is 0 Å². The minimum Gasteiger partial charge on any atom is -0.375 e. The van der Waals surface area contributed by atoms with E-state index in [1.165, 1.54) is 50.0 Å². The molecule has 1 N–H and O–H groups in total. The van der Waals surface area contributed by atoms with Gasteiger partial charge in [-0.2, -0.15) is 11.8 Å². The number of hydrogen-bond donors (Lipinski definition) is 1. The maximum Gasteiger partial charge on any atom is 0.0713 e. The Hall–Kier alpha value is 0.270. The maximum atomic E-state index is 6.16. The van der Waals surface area contributed by atoms with Crippen molar-refractivity contribution < 1.29 is 4.74 Å². The Bertz CT molecular complexity index is 256. The van der Waals surface area contributed by atoms with Crippen LogP contribution >= 0.6 is 11.8 Å². The molecule has 2 saturated heterocycles. The average molecular weight is 271 g/mol. The molecule has 18 heavy (non-hydrogen) atoms. The highest BCUT2D eigenvalue weighted by molar-refractivity contribution is 7.99. The van der Waals surface area contributed by atoms with E-state index in [4.69, 9.17) is 4.74 Å². The number of thioether (sulfide) groups is 1. The molecule has 0 bridgehead atoms. The largest absolute Gasteiger partial charge is 0.375 e. The van der Waals surface area contributed by atoms with Crippen LogP contribution in [0.15, 0.2) is 0 Å². The quantitative estimate of drug-likeness (QED) is 0.844. The van der Waals surface area contributed by atoms with Crippen LogP contribution in [-0.4, -0.2) is 35.3 Å². The fourth-order valence-corrected chi connectivity index (χ4v) is 4.73. The standard InChI is InChI=1S/C15H29NOS/c1-4-6-14(2,3)16-13-5-9-17-15(12-13)7-10-18-11-8-15/h13,16H,4-12H2,1-3H3. The lowest BCUT2D eigenvalue weighted by atomic mass is 9.84. The second kappa shape index (κ2) is 6.15. The van der Waals surface area contributed by atoms with Gasteiger partial charge in [0.2, 0.25) is 0 Å². The molecular weight excluding hydrogens is 242 g/mol. The first-order chi connectivity index (χ1) is 8.55. The molecule has 2 nitrogen and oxygen atoms in total. The summed E-state index contributed by atoms with van der Waals surface area (Å²) in [7, 11) is 0. The first-order valence-corrected chi connectivity index (χ1v) is 8.70. The van der Waals surface area contributed by atoms with Gasteiger partial charge in [-0.3, -0.25) is 0 Å². The second-order valence-electron chi connectivity index (χ2n) is 6.61. The Kier molecular flexibility index (Phi) is 5.01. The number of rotatable bonds is 4. The fourth-order valence-electron chi connectivity index (χ4n) is 3.49. The summed E-state index contributed by atoms with van der Waals surface area (Å²) in [5.74, 6) is 2.57. The molecule has 2 rings (SSSR count). The summed E-state index contributed by atoms with van der Waals surface area (Å²) >= 11 is 2.08. The molecule has 0 aromatic heterocycles. The van der Waals surface area contributed by atoms with Crippen LogP contribution in [0.25, 0.3) is 0 Å². The Morgan fingerprint density at radius 3 is 2.72 bits per heavy atom. The van der Waals surface area contributed by atoms with Crippen molar-refractivity contribution >= 4 is 11.8 Å². The van der Waals surface area contributed by atoms with Crippen LogP contribution in [0.2, 0.25) is 0 Å². The summed E-state index contributed by atoms with van der Waals surface area (Å²) in [4.78, 5) is 0. The van der Waals surface area contributed by atoms with Gasteiger partial charge < -0.3 is 10.1 Å². The van der Waals surface area contributed by atoms with Crippen LogP contribution in [0, 0.1) is 0 Å². The lowest BCUT2D eigenvalue weighted by molar-refractivity contribution is -0.0957. The van der Waals surface area contributed by atoms with E-state index < -0.39 is 0 Å². The minimum absolute atomic E-state index is 0.212. The topological polar surface area (TPSA) is 21.3 Å². The Balaban J connectivity index is 1.90. The highest BCUT2D eigenvalue weighted by atomic mass is 32.2.